The van der Waals surface area contributed by atoms with Crippen LogP contribution in [-0.2, 0) is 0 Å². The van der Waals surface area contributed by atoms with Gasteiger partial charge in [-0.05, 0) is 37.5 Å². The topological polar surface area (TPSA) is 70.2 Å². The second-order valence-electron chi connectivity index (χ2n) is 5.49. The molecule has 0 atom stereocenters. The smallest absolute Gasteiger partial charge is 0.319 e. The monoisotopic (exact) mass is 289 g/mol. The fourth-order valence-corrected chi connectivity index (χ4v) is 2.74. The van der Waals surface area contributed by atoms with Gasteiger partial charge in [-0.2, -0.15) is 0 Å². The lowest BCUT2D eigenvalue weighted by atomic mass is 9.96. The number of carbonyl (C=O) groups is 2. The average molecular weight is 289 g/mol. The van der Waals surface area contributed by atoms with Gasteiger partial charge in [0.2, 0.25) is 0 Å². The maximum atomic E-state index is 12.1. The maximum absolute atomic E-state index is 12.1. The highest BCUT2D eigenvalue weighted by atomic mass is 16.2. The predicted octanol–water partition coefficient (Wildman–Crippen LogP) is 2.81. The molecule has 1 aromatic carbocycles. The van der Waals surface area contributed by atoms with Gasteiger partial charge in [-0.1, -0.05) is 25.3 Å². The second-order valence-corrected chi connectivity index (χ2v) is 5.49. The van der Waals surface area contributed by atoms with E-state index < -0.39 is 0 Å². The van der Waals surface area contributed by atoms with Crippen LogP contribution in [0.25, 0.3) is 0 Å². The number of urea groups is 1. The van der Waals surface area contributed by atoms with Crippen LogP contribution in [0.5, 0.6) is 0 Å². The van der Waals surface area contributed by atoms with Crippen LogP contribution in [0.4, 0.5) is 10.5 Å². The Labute approximate surface area is 125 Å². The van der Waals surface area contributed by atoms with E-state index in [-0.39, 0.29) is 18.0 Å². The number of carbonyl (C=O) groups excluding carboxylic acids is 2. The van der Waals surface area contributed by atoms with E-state index in [4.69, 9.17) is 0 Å². The molecule has 0 heterocycles. The van der Waals surface area contributed by atoms with Gasteiger partial charge in [0.05, 0.1) is 0 Å². The van der Waals surface area contributed by atoms with Crippen molar-refractivity contribution in [1.29, 1.82) is 0 Å². The Kier molecular flexibility index (Phi) is 5.20. The summed E-state index contributed by atoms with van der Waals surface area (Å²) in [7, 11) is 1.59. The molecule has 5 nitrogen and oxygen atoms in total. The van der Waals surface area contributed by atoms with E-state index in [1.54, 1.807) is 19.2 Å². The first-order chi connectivity index (χ1) is 10.1. The van der Waals surface area contributed by atoms with Crippen molar-refractivity contribution in [3.05, 3.63) is 29.3 Å². The molecule has 0 aromatic heterocycles. The molecule has 1 aliphatic rings. The van der Waals surface area contributed by atoms with Gasteiger partial charge in [-0.25, -0.2) is 4.79 Å². The number of rotatable bonds is 3. The molecule has 2 rings (SSSR count). The third-order valence-electron chi connectivity index (χ3n) is 3.99. The standard InChI is InChI=1S/C16H23N3O2/c1-11-13(15(20)17-2)9-6-10-14(11)19-16(21)18-12-7-4-3-5-8-12/h6,9-10,12H,3-5,7-8H2,1-2H3,(H,17,20)(H2,18,19,21). The number of benzene rings is 1. The summed E-state index contributed by atoms with van der Waals surface area (Å²) < 4.78 is 0. The lowest BCUT2D eigenvalue weighted by molar-refractivity contribution is 0.0962. The van der Waals surface area contributed by atoms with Crippen molar-refractivity contribution in [2.75, 3.05) is 12.4 Å². The Morgan fingerprint density at radius 1 is 1.14 bits per heavy atom. The molecule has 5 heteroatoms. The summed E-state index contributed by atoms with van der Waals surface area (Å²) in [5.41, 5.74) is 2.02. The Hall–Kier alpha value is -2.04. The fraction of sp³-hybridized carbons (Fsp3) is 0.500. The summed E-state index contributed by atoms with van der Waals surface area (Å²) in [5.74, 6) is -0.149. The van der Waals surface area contributed by atoms with E-state index >= 15 is 0 Å². The Bertz CT molecular complexity index is 522. The molecule has 1 saturated carbocycles. The molecule has 1 fully saturated rings. The van der Waals surface area contributed by atoms with Crippen molar-refractivity contribution in [3.8, 4) is 0 Å². The number of anilines is 1. The van der Waals surface area contributed by atoms with Crippen LogP contribution >= 0.6 is 0 Å². The van der Waals surface area contributed by atoms with Gasteiger partial charge in [0.15, 0.2) is 0 Å². The molecule has 21 heavy (non-hydrogen) atoms. The first-order valence-corrected chi connectivity index (χ1v) is 7.51. The summed E-state index contributed by atoms with van der Waals surface area (Å²) >= 11 is 0. The van der Waals surface area contributed by atoms with Crippen molar-refractivity contribution in [1.82, 2.24) is 10.6 Å². The normalized spacial score (nSPS) is 15.3. The molecule has 3 N–H and O–H groups in total. The van der Waals surface area contributed by atoms with Gasteiger partial charge in [-0.15, -0.1) is 0 Å². The van der Waals surface area contributed by atoms with Crippen LogP contribution in [0, 0.1) is 6.92 Å². The molecule has 0 unspecified atom stereocenters. The Balaban J connectivity index is 2.01. The molecule has 0 aliphatic heterocycles. The Morgan fingerprint density at radius 2 is 1.86 bits per heavy atom. The molecule has 1 aromatic rings. The minimum absolute atomic E-state index is 0.149. The minimum atomic E-state index is -0.195. The number of hydrogen-bond acceptors (Lipinski definition) is 2. The van der Waals surface area contributed by atoms with Gasteiger partial charge in [-0.3, -0.25) is 4.79 Å². The van der Waals surface area contributed by atoms with Crippen LogP contribution in [0.1, 0.15) is 48.0 Å². The van der Waals surface area contributed by atoms with Crippen LogP contribution in [0.2, 0.25) is 0 Å². The van der Waals surface area contributed by atoms with Crippen LogP contribution in [0.3, 0.4) is 0 Å². The highest BCUT2D eigenvalue weighted by molar-refractivity contribution is 5.98. The third kappa shape index (κ3) is 3.97. The van der Waals surface area contributed by atoms with Crippen molar-refractivity contribution in [3.63, 3.8) is 0 Å². The molecule has 3 amide bonds. The number of hydrogen-bond donors (Lipinski definition) is 3. The molecular weight excluding hydrogens is 266 g/mol. The molecule has 0 spiro atoms. The lowest BCUT2D eigenvalue weighted by Crippen LogP contribution is -2.39. The van der Waals surface area contributed by atoms with Crippen molar-refractivity contribution in [2.24, 2.45) is 0 Å². The van der Waals surface area contributed by atoms with Gasteiger partial charge in [0.25, 0.3) is 5.91 Å². The van der Waals surface area contributed by atoms with Crippen molar-refractivity contribution >= 4 is 17.6 Å². The predicted molar refractivity (Wildman–Crippen MR) is 83.6 cm³/mol. The second kappa shape index (κ2) is 7.11. The summed E-state index contributed by atoms with van der Waals surface area (Å²) in [6, 6.07) is 5.40. The van der Waals surface area contributed by atoms with Gasteiger partial charge in [0, 0.05) is 24.3 Å². The number of nitrogens with one attached hydrogen (secondary N) is 3. The van der Waals surface area contributed by atoms with E-state index in [1.165, 1.54) is 19.3 Å². The summed E-state index contributed by atoms with van der Waals surface area (Å²) in [6.07, 6.45) is 5.70. The number of amides is 3. The largest absolute Gasteiger partial charge is 0.355 e. The SMILES string of the molecule is CNC(=O)c1cccc(NC(=O)NC2CCCCC2)c1C. The molecular formula is C16H23N3O2. The lowest BCUT2D eigenvalue weighted by Gasteiger charge is -2.23. The fourth-order valence-electron chi connectivity index (χ4n) is 2.74. The maximum Gasteiger partial charge on any atom is 0.319 e. The molecule has 1 aliphatic carbocycles. The Morgan fingerprint density at radius 3 is 2.52 bits per heavy atom. The van der Waals surface area contributed by atoms with Crippen LogP contribution in [0.15, 0.2) is 18.2 Å². The summed E-state index contributed by atoms with van der Waals surface area (Å²) in [4.78, 5) is 23.8. The zero-order chi connectivity index (χ0) is 15.2. The van der Waals surface area contributed by atoms with E-state index in [0.29, 0.717) is 11.3 Å². The first kappa shape index (κ1) is 15.4. The molecule has 114 valence electrons. The van der Waals surface area contributed by atoms with Gasteiger partial charge < -0.3 is 16.0 Å². The average Bonchev–Trinajstić information content (AvgIpc) is 2.49. The van der Waals surface area contributed by atoms with E-state index in [9.17, 15) is 9.59 Å². The van der Waals surface area contributed by atoms with E-state index in [0.717, 1.165) is 18.4 Å². The van der Waals surface area contributed by atoms with Gasteiger partial charge >= 0.3 is 6.03 Å². The van der Waals surface area contributed by atoms with Crippen molar-refractivity contribution < 1.29 is 9.59 Å². The van der Waals surface area contributed by atoms with E-state index in [1.807, 2.05) is 13.0 Å². The minimum Gasteiger partial charge on any atom is -0.355 e. The molecule has 0 radical (unpaired) electrons. The highest BCUT2D eigenvalue weighted by Crippen LogP contribution is 2.20. The van der Waals surface area contributed by atoms with Crippen LogP contribution < -0.4 is 16.0 Å². The third-order valence-corrected chi connectivity index (χ3v) is 3.99. The van der Waals surface area contributed by atoms with E-state index in [2.05, 4.69) is 16.0 Å². The first-order valence-electron chi connectivity index (χ1n) is 7.51. The molecule has 0 bridgehead atoms. The van der Waals surface area contributed by atoms with Crippen molar-refractivity contribution in [2.45, 2.75) is 45.1 Å². The quantitative estimate of drug-likeness (QED) is 0.800. The summed E-state index contributed by atoms with van der Waals surface area (Å²) in [5, 5.41) is 8.45. The van der Waals surface area contributed by atoms with Crippen LogP contribution in [-0.4, -0.2) is 25.0 Å². The summed E-state index contributed by atoms with van der Waals surface area (Å²) in [6.45, 7) is 1.83. The molecule has 0 saturated heterocycles. The van der Waals surface area contributed by atoms with Gasteiger partial charge in [0.1, 0.15) is 0 Å². The zero-order valence-corrected chi connectivity index (χ0v) is 12.7. The highest BCUT2D eigenvalue weighted by Gasteiger charge is 2.17. The zero-order valence-electron chi connectivity index (χ0n) is 12.7.